The maximum absolute atomic E-state index is 11.9. The van der Waals surface area contributed by atoms with Crippen LogP contribution in [0.3, 0.4) is 0 Å². The van der Waals surface area contributed by atoms with Crippen LogP contribution in [0.5, 0.6) is 5.75 Å². The number of benzene rings is 1. The van der Waals surface area contributed by atoms with Gasteiger partial charge in [0.1, 0.15) is 5.75 Å². The zero-order valence-corrected chi connectivity index (χ0v) is 12.9. The molecule has 0 aliphatic rings. The van der Waals surface area contributed by atoms with E-state index in [0.29, 0.717) is 12.8 Å². The molecule has 1 aromatic rings. The molecule has 0 aromatic heterocycles. The van der Waals surface area contributed by atoms with Crippen LogP contribution >= 0.6 is 0 Å². The summed E-state index contributed by atoms with van der Waals surface area (Å²) in [6.45, 7) is 1.90. The van der Waals surface area contributed by atoms with E-state index in [1.807, 2.05) is 0 Å². The zero-order chi connectivity index (χ0) is 16.4. The number of hydrogen-bond acceptors (Lipinski definition) is 5. The Morgan fingerprint density at radius 1 is 1.27 bits per heavy atom. The number of phenols is 1. The van der Waals surface area contributed by atoms with Crippen molar-refractivity contribution in [3.8, 4) is 5.75 Å². The monoisotopic (exact) mass is 308 g/mol. The van der Waals surface area contributed by atoms with Crippen molar-refractivity contribution in [2.75, 3.05) is 19.8 Å². The number of aromatic hydroxyl groups is 1. The van der Waals surface area contributed by atoms with Gasteiger partial charge < -0.3 is 20.1 Å². The standard InChI is InChI=1S/C17H24O5/c1-2-14(12-19)15(7-9-18)11-17(21)22-10-8-13-3-5-16(20)6-4-13/h2-6,15,18-20H,7-12H2,1H3/b14-2-/t15-/m0/s1. The average molecular weight is 308 g/mol. The summed E-state index contributed by atoms with van der Waals surface area (Å²) in [4.78, 5) is 11.9. The number of allylic oxidation sites excluding steroid dienone is 1. The second-order valence-electron chi connectivity index (χ2n) is 5.07. The molecule has 0 bridgehead atoms. The molecule has 3 N–H and O–H groups in total. The molecule has 0 radical (unpaired) electrons. The lowest BCUT2D eigenvalue weighted by Crippen LogP contribution is -2.17. The smallest absolute Gasteiger partial charge is 0.306 e. The molecular formula is C17H24O5. The molecule has 5 nitrogen and oxygen atoms in total. The molecule has 0 unspecified atom stereocenters. The Morgan fingerprint density at radius 3 is 2.50 bits per heavy atom. The van der Waals surface area contributed by atoms with Crippen molar-refractivity contribution in [1.29, 1.82) is 0 Å². The number of carbonyl (C=O) groups excluding carboxylic acids is 1. The average Bonchev–Trinajstić information content (AvgIpc) is 2.50. The molecule has 0 fully saturated rings. The molecule has 0 spiro atoms. The number of rotatable bonds is 9. The fourth-order valence-electron chi connectivity index (χ4n) is 2.24. The third kappa shape index (κ3) is 6.28. The Morgan fingerprint density at radius 2 is 1.95 bits per heavy atom. The molecule has 0 saturated carbocycles. The van der Waals surface area contributed by atoms with Crippen molar-refractivity contribution in [2.45, 2.75) is 26.2 Å². The first kappa shape index (κ1) is 18.2. The van der Waals surface area contributed by atoms with Crippen molar-refractivity contribution < 1.29 is 24.9 Å². The van der Waals surface area contributed by atoms with E-state index in [2.05, 4.69) is 0 Å². The minimum absolute atomic E-state index is 0.0389. The highest BCUT2D eigenvalue weighted by Crippen LogP contribution is 2.19. The molecule has 5 heteroatoms. The SMILES string of the molecule is C/C=C(/CO)[C@@H](CCO)CC(=O)OCCc1ccc(O)cc1. The topological polar surface area (TPSA) is 87.0 Å². The first-order chi connectivity index (χ1) is 10.6. The molecule has 122 valence electrons. The largest absolute Gasteiger partial charge is 0.508 e. The van der Waals surface area contributed by atoms with Crippen LogP contribution in [0.1, 0.15) is 25.3 Å². The number of aliphatic hydroxyl groups excluding tert-OH is 2. The summed E-state index contributed by atoms with van der Waals surface area (Å²) in [7, 11) is 0. The number of phenolic OH excluding ortho intramolecular Hbond substituents is 1. The van der Waals surface area contributed by atoms with Crippen LogP contribution in [0.4, 0.5) is 0 Å². The Balaban J connectivity index is 2.41. The fourth-order valence-corrected chi connectivity index (χ4v) is 2.24. The number of aliphatic hydroxyl groups is 2. The van der Waals surface area contributed by atoms with Gasteiger partial charge in [0.2, 0.25) is 0 Å². The van der Waals surface area contributed by atoms with Crippen molar-refractivity contribution in [3.63, 3.8) is 0 Å². The first-order valence-electron chi connectivity index (χ1n) is 7.41. The predicted molar refractivity (Wildman–Crippen MR) is 83.4 cm³/mol. The Hall–Kier alpha value is -1.85. The summed E-state index contributed by atoms with van der Waals surface area (Å²) in [5.74, 6) is -0.332. The van der Waals surface area contributed by atoms with Crippen LogP contribution in [0.15, 0.2) is 35.9 Å². The molecule has 0 heterocycles. The highest BCUT2D eigenvalue weighted by atomic mass is 16.5. The van der Waals surface area contributed by atoms with Crippen molar-refractivity contribution in [1.82, 2.24) is 0 Å². The molecule has 1 atom stereocenters. The highest BCUT2D eigenvalue weighted by Gasteiger charge is 2.18. The maximum Gasteiger partial charge on any atom is 0.306 e. The Labute approximate surface area is 130 Å². The van der Waals surface area contributed by atoms with Gasteiger partial charge in [0.25, 0.3) is 0 Å². The molecule has 0 aliphatic carbocycles. The van der Waals surface area contributed by atoms with Gasteiger partial charge in [-0.2, -0.15) is 0 Å². The summed E-state index contributed by atoms with van der Waals surface area (Å²) >= 11 is 0. The molecule has 1 aromatic carbocycles. The van der Waals surface area contributed by atoms with Gasteiger partial charge in [-0.3, -0.25) is 4.79 Å². The fraction of sp³-hybridized carbons (Fsp3) is 0.471. The van der Waals surface area contributed by atoms with E-state index < -0.39 is 0 Å². The van der Waals surface area contributed by atoms with Gasteiger partial charge in [-0.15, -0.1) is 0 Å². The summed E-state index contributed by atoms with van der Waals surface area (Å²) in [6, 6.07) is 6.74. The van der Waals surface area contributed by atoms with Gasteiger partial charge in [0.05, 0.1) is 19.6 Å². The Bertz CT molecular complexity index is 478. The summed E-state index contributed by atoms with van der Waals surface area (Å²) in [6.07, 6.45) is 2.92. The van der Waals surface area contributed by atoms with E-state index in [1.165, 1.54) is 0 Å². The van der Waals surface area contributed by atoms with E-state index in [4.69, 9.17) is 9.84 Å². The third-order valence-corrected chi connectivity index (χ3v) is 3.56. The zero-order valence-electron chi connectivity index (χ0n) is 12.9. The van der Waals surface area contributed by atoms with Crippen LogP contribution in [0.2, 0.25) is 0 Å². The van der Waals surface area contributed by atoms with Crippen molar-refractivity contribution >= 4 is 5.97 Å². The van der Waals surface area contributed by atoms with Crippen molar-refractivity contribution in [2.24, 2.45) is 5.92 Å². The summed E-state index contributed by atoms with van der Waals surface area (Å²) < 4.78 is 5.20. The van der Waals surface area contributed by atoms with Gasteiger partial charge >= 0.3 is 5.97 Å². The lowest BCUT2D eigenvalue weighted by Gasteiger charge is -2.17. The van der Waals surface area contributed by atoms with Gasteiger partial charge in [-0.05, 0) is 42.5 Å². The van der Waals surface area contributed by atoms with Crippen LogP contribution in [0.25, 0.3) is 0 Å². The van der Waals surface area contributed by atoms with Crippen LogP contribution in [-0.2, 0) is 16.0 Å². The van der Waals surface area contributed by atoms with E-state index in [0.717, 1.165) is 11.1 Å². The van der Waals surface area contributed by atoms with E-state index >= 15 is 0 Å². The second-order valence-corrected chi connectivity index (χ2v) is 5.07. The molecule has 0 aliphatic heterocycles. The number of ether oxygens (including phenoxy) is 1. The molecular weight excluding hydrogens is 284 g/mol. The van der Waals surface area contributed by atoms with Gasteiger partial charge in [0.15, 0.2) is 0 Å². The maximum atomic E-state index is 11.9. The third-order valence-electron chi connectivity index (χ3n) is 3.56. The van der Waals surface area contributed by atoms with Gasteiger partial charge in [-0.25, -0.2) is 0 Å². The molecule has 1 rings (SSSR count). The van der Waals surface area contributed by atoms with Gasteiger partial charge in [-0.1, -0.05) is 18.2 Å². The first-order valence-corrected chi connectivity index (χ1v) is 7.41. The van der Waals surface area contributed by atoms with E-state index in [-0.39, 0.29) is 43.9 Å². The van der Waals surface area contributed by atoms with E-state index in [1.54, 1.807) is 37.3 Å². The summed E-state index contributed by atoms with van der Waals surface area (Å²) in [5.41, 5.74) is 1.71. The van der Waals surface area contributed by atoms with Gasteiger partial charge in [0, 0.05) is 13.0 Å². The lowest BCUT2D eigenvalue weighted by atomic mass is 9.93. The van der Waals surface area contributed by atoms with Crippen LogP contribution < -0.4 is 0 Å². The number of hydrogen-bond donors (Lipinski definition) is 3. The van der Waals surface area contributed by atoms with Crippen LogP contribution in [-0.4, -0.2) is 41.1 Å². The van der Waals surface area contributed by atoms with Crippen LogP contribution in [0, 0.1) is 5.92 Å². The Kier molecular flexibility index (Phi) is 8.25. The summed E-state index contributed by atoms with van der Waals surface area (Å²) in [5, 5.41) is 27.5. The molecule has 0 saturated heterocycles. The quantitative estimate of drug-likeness (QED) is 0.478. The normalized spacial score (nSPS) is 13.0. The number of esters is 1. The van der Waals surface area contributed by atoms with E-state index in [9.17, 15) is 15.0 Å². The molecule has 0 amide bonds. The predicted octanol–water partition coefficient (Wildman–Crippen LogP) is 1.81. The van der Waals surface area contributed by atoms with Crippen molar-refractivity contribution in [3.05, 3.63) is 41.5 Å². The molecule has 22 heavy (non-hydrogen) atoms. The lowest BCUT2D eigenvalue weighted by molar-refractivity contribution is -0.144. The number of carbonyl (C=O) groups is 1. The highest BCUT2D eigenvalue weighted by molar-refractivity contribution is 5.70. The minimum atomic E-state index is -0.343. The minimum Gasteiger partial charge on any atom is -0.508 e. The second kappa shape index (κ2) is 9.97.